The molecule has 0 saturated carbocycles. The van der Waals surface area contributed by atoms with E-state index >= 15 is 0 Å². The van der Waals surface area contributed by atoms with E-state index in [9.17, 15) is 0 Å². The Labute approximate surface area is 694 Å². The molecular formula is H34Ba3O80S20. The first-order chi connectivity index (χ1) is 40.0. The monoisotopic (exact) mass is 2370 g/mol. The van der Waals surface area contributed by atoms with Crippen LogP contribution in [0.5, 0.6) is 0 Å². The Morgan fingerprint density at radius 3 is 0.0971 bits per heavy atom. The van der Waals surface area contributed by atoms with Gasteiger partial charge in [-0.25, -0.2) is 0 Å². The van der Waals surface area contributed by atoms with Gasteiger partial charge in [0, 0.05) is 31.2 Å². The molecule has 0 heterocycles. The molecule has 0 radical (unpaired) electrons. The quantitative estimate of drug-likeness (QED) is 0.0608. The van der Waals surface area contributed by atoms with Crippen LogP contribution in [0.25, 0.3) is 0 Å². The Bertz CT molecular complexity index is 3050. The van der Waals surface area contributed by atoms with E-state index in [-0.39, 0.29) is 147 Å². The maximum atomic E-state index is 8.74. The van der Waals surface area contributed by atoms with Gasteiger partial charge in [-0.1, -0.05) is 0 Å². The summed E-state index contributed by atoms with van der Waals surface area (Å²) in [6.07, 6.45) is 0. The van der Waals surface area contributed by atoms with Gasteiger partial charge in [-0.15, -0.1) is 0 Å². The van der Waals surface area contributed by atoms with E-state index in [0.717, 1.165) is 0 Å². The van der Waals surface area contributed by atoms with Crippen molar-refractivity contribution >= 4 is 355 Å². The van der Waals surface area contributed by atoms with Crippen molar-refractivity contribution in [3.63, 3.8) is 0 Å². The largest absolute Gasteiger partial charge is 2.00 e. The molecule has 0 aliphatic heterocycles. The minimum Gasteiger partial charge on any atom is -0.759 e. The smallest absolute Gasteiger partial charge is 0.759 e. The Kier molecular flexibility index (Phi) is 122. The third-order valence-corrected chi connectivity index (χ3v) is 0. The SMILES string of the molecule is O=S(=O)(O)O.O=S(=O)(O)O.O=S(=O)(O)O.O=S(=O)(O)O.O=S(=O)(O)O.O=S(=O)(O)O.O=S(=O)(O)O.O=S(=O)(O)O.O=S(=O)(O)O.O=S(=O)(O)O.O=S(=O)(O)O.O=S(=O)(O)O.O=S(=O)(O)O.O=S(=O)(O)O.O=S(=O)(O)O.O=S(=O)(O)O.O=S(=O)(O)O.O=S(=O)([O-])[O-].O=S(=O)([O-])[O-].O=S(=O)([O-])[O-].[Ba+2].[Ba+2].[Ba+2]. The van der Waals surface area contributed by atoms with Crippen LogP contribution in [0.15, 0.2) is 0 Å². The number of rotatable bonds is 0. The molecule has 80 nitrogen and oxygen atoms in total. The van der Waals surface area contributed by atoms with Crippen LogP contribution in [0.4, 0.5) is 0 Å². The van der Waals surface area contributed by atoms with Crippen LogP contribution in [0.3, 0.4) is 0 Å². The summed E-state index contributed by atoms with van der Waals surface area (Å²) in [5, 5.41) is 0. The predicted molar refractivity (Wildman–Crippen MR) is 290 cm³/mol. The summed E-state index contributed by atoms with van der Waals surface area (Å²) in [4.78, 5) is 0. The standard InChI is InChI=1S/3Ba.20H2O4S/c;;;20*1-5(2,3)4/h;;;20*(H2,1,2,3,4)/q3*+2;;;;;;;;;;;;;;;;;;;;/p-6. The third kappa shape index (κ3) is 243000. The molecule has 0 atom stereocenters. The first-order valence-corrected chi connectivity index (χ1v) is 41.6. The van der Waals surface area contributed by atoms with Crippen LogP contribution in [0, 0.1) is 0 Å². The summed E-state index contributed by atoms with van der Waals surface area (Å²) < 4.78 is 639. The molecule has 0 aromatic rings. The number of hydrogen-bond acceptors (Lipinski definition) is 46. The first-order valence-electron chi connectivity index (χ1n) is 13.9. The normalized spacial score (nSPS) is 11.3. The zero-order valence-electron chi connectivity index (χ0n) is 44.3. The van der Waals surface area contributed by atoms with Crippen molar-refractivity contribution in [3.8, 4) is 0 Å². The third-order valence-electron chi connectivity index (χ3n) is 0. The molecule has 0 fully saturated rings. The van der Waals surface area contributed by atoms with Crippen molar-refractivity contribution in [2.75, 3.05) is 0 Å². The van der Waals surface area contributed by atoms with Gasteiger partial charge in [0.1, 0.15) is 0 Å². The molecule has 640 valence electrons. The van der Waals surface area contributed by atoms with Crippen LogP contribution < -0.4 is 0 Å². The van der Waals surface area contributed by atoms with Crippen LogP contribution in [-0.2, 0) is 208 Å². The van der Waals surface area contributed by atoms with Gasteiger partial charge in [-0.05, 0) is 0 Å². The van der Waals surface area contributed by atoms with Gasteiger partial charge in [0.15, 0.2) is 0 Å². The average molecular weight is 2370 g/mol. The molecule has 0 amide bonds. The molecule has 0 aromatic carbocycles. The van der Waals surface area contributed by atoms with Crippen LogP contribution in [0.2, 0.25) is 0 Å². The Morgan fingerprint density at radius 1 is 0.0971 bits per heavy atom. The molecule has 0 unspecified atom stereocenters. The van der Waals surface area contributed by atoms with E-state index in [1.54, 1.807) is 0 Å². The molecular weight excluding hydrogens is 2330 g/mol. The summed E-state index contributed by atoms with van der Waals surface area (Å²) in [7, 11) is -94.8. The van der Waals surface area contributed by atoms with E-state index in [4.69, 9.17) is 350 Å². The molecule has 34 N–H and O–H groups in total. The van der Waals surface area contributed by atoms with Crippen molar-refractivity contribution in [1.29, 1.82) is 0 Å². The summed E-state index contributed by atoms with van der Waals surface area (Å²) >= 11 is 0. The molecule has 0 saturated heterocycles. The van der Waals surface area contributed by atoms with E-state index in [2.05, 4.69) is 0 Å². The molecule has 0 aliphatic carbocycles. The van der Waals surface area contributed by atoms with Crippen LogP contribution >= 0.6 is 0 Å². The second-order valence-corrected chi connectivity index (χ2v) is 26.5. The summed E-state index contributed by atoms with van der Waals surface area (Å²) in [6, 6.07) is 0. The average Bonchev–Trinajstić information content (AvgIpc) is 2.87. The summed E-state index contributed by atoms with van der Waals surface area (Å²) in [5.74, 6) is 0. The van der Waals surface area contributed by atoms with Gasteiger partial charge < -0.3 is 27.3 Å². The van der Waals surface area contributed by atoms with Crippen molar-refractivity contribution in [3.05, 3.63) is 0 Å². The predicted octanol–water partition coefficient (Wildman–Crippen LogP) is -16.3. The summed E-state index contributed by atoms with van der Waals surface area (Å²) in [5.41, 5.74) is 0. The zero-order chi connectivity index (χ0) is 90.0. The molecule has 0 bridgehead atoms. The van der Waals surface area contributed by atoms with Gasteiger partial charge in [0.2, 0.25) is 0 Å². The van der Waals surface area contributed by atoms with Gasteiger partial charge in [0.05, 0.1) is 0 Å². The van der Waals surface area contributed by atoms with E-state index in [1.807, 2.05) is 0 Å². The van der Waals surface area contributed by atoms with Crippen molar-refractivity contribution < 1.29 is 350 Å². The van der Waals surface area contributed by atoms with Crippen molar-refractivity contribution in [2.45, 2.75) is 0 Å². The van der Waals surface area contributed by atoms with Gasteiger partial charge >= 0.3 is 323 Å². The molecule has 0 spiro atoms. The van der Waals surface area contributed by atoms with Crippen molar-refractivity contribution in [1.82, 2.24) is 0 Å². The minimum atomic E-state index is -5.17. The molecule has 0 aliphatic rings. The number of hydrogen-bond donors (Lipinski definition) is 34. The zero-order valence-corrected chi connectivity index (χ0v) is 73.9. The molecule has 103 heavy (non-hydrogen) atoms. The Morgan fingerprint density at radius 2 is 0.0971 bits per heavy atom. The van der Waals surface area contributed by atoms with E-state index in [1.165, 1.54) is 0 Å². The van der Waals surface area contributed by atoms with E-state index in [0.29, 0.717) is 0 Å². The van der Waals surface area contributed by atoms with Crippen LogP contribution in [-0.4, -0.2) is 497 Å². The van der Waals surface area contributed by atoms with Gasteiger partial charge in [-0.2, -0.15) is 143 Å². The molecule has 0 rings (SSSR count). The van der Waals surface area contributed by atoms with Crippen LogP contribution in [0.1, 0.15) is 0 Å². The molecule has 0 aromatic heterocycles. The van der Waals surface area contributed by atoms with Crippen molar-refractivity contribution in [2.24, 2.45) is 0 Å². The topological polar surface area (TPSA) is 1510 Å². The van der Waals surface area contributed by atoms with Gasteiger partial charge in [0.25, 0.3) is 0 Å². The van der Waals surface area contributed by atoms with Gasteiger partial charge in [-0.3, -0.25) is 180 Å². The molecule has 103 heteroatoms. The second-order valence-electron chi connectivity index (χ2n) is 8.84. The maximum Gasteiger partial charge on any atom is 2.00 e. The maximum absolute atomic E-state index is 8.74. The fraction of sp³-hybridized carbons (Fsp3) is 0. The fourth-order valence-corrected chi connectivity index (χ4v) is 0. The Balaban J connectivity index is -0.0000000311. The Hall–Kier alpha value is 2.11. The first kappa shape index (κ1) is 169. The summed E-state index contributed by atoms with van der Waals surface area (Å²) in [6.45, 7) is 0. The van der Waals surface area contributed by atoms with E-state index < -0.39 is 208 Å². The second kappa shape index (κ2) is 74.2. The minimum absolute atomic E-state index is 0. The fourth-order valence-electron chi connectivity index (χ4n) is 0.